The average molecular weight is 334 g/mol. The van der Waals surface area contributed by atoms with E-state index in [1.54, 1.807) is 0 Å². The third-order valence-electron chi connectivity index (χ3n) is 3.57. The Morgan fingerprint density at radius 3 is 2.62 bits per heavy atom. The molecule has 1 aromatic carbocycles. The minimum absolute atomic E-state index is 0.0708. The number of benzene rings is 1. The summed E-state index contributed by atoms with van der Waals surface area (Å²) in [7, 11) is 0. The van der Waals surface area contributed by atoms with Crippen LogP contribution in [0.3, 0.4) is 0 Å². The predicted molar refractivity (Wildman–Crippen MR) is 89.9 cm³/mol. The SMILES string of the molecule is C=CCCCCCC[C@@H](NC(=O)c1cccc([N+](=O)[O-])c1)C(=O)O. The lowest BCUT2D eigenvalue weighted by Gasteiger charge is -2.14. The number of nitrogens with zero attached hydrogens (tertiary/aromatic N) is 1. The quantitative estimate of drug-likeness (QED) is 0.279. The fourth-order valence-electron chi connectivity index (χ4n) is 2.25. The molecule has 7 heteroatoms. The summed E-state index contributed by atoms with van der Waals surface area (Å²) in [6.45, 7) is 3.64. The van der Waals surface area contributed by atoms with Crippen LogP contribution in [0.1, 0.15) is 48.9 Å². The molecule has 0 fully saturated rings. The molecule has 0 aromatic heterocycles. The van der Waals surface area contributed by atoms with Gasteiger partial charge < -0.3 is 10.4 Å². The van der Waals surface area contributed by atoms with Crippen molar-refractivity contribution in [2.75, 3.05) is 0 Å². The van der Waals surface area contributed by atoms with Crippen LogP contribution in [0.15, 0.2) is 36.9 Å². The highest BCUT2D eigenvalue weighted by atomic mass is 16.6. The lowest BCUT2D eigenvalue weighted by molar-refractivity contribution is -0.384. The molecular formula is C17H22N2O5. The van der Waals surface area contributed by atoms with Crippen molar-refractivity contribution in [3.8, 4) is 0 Å². The Bertz CT molecular complexity index is 600. The van der Waals surface area contributed by atoms with Gasteiger partial charge in [0.05, 0.1) is 4.92 Å². The van der Waals surface area contributed by atoms with Crippen LogP contribution in [0.5, 0.6) is 0 Å². The van der Waals surface area contributed by atoms with Crippen molar-refractivity contribution in [3.05, 3.63) is 52.6 Å². The van der Waals surface area contributed by atoms with Crippen LogP contribution in [0, 0.1) is 10.1 Å². The number of aliphatic carboxylic acids is 1. The Kier molecular flexibility index (Phi) is 8.18. The second kappa shape index (κ2) is 10.1. The molecule has 0 aliphatic rings. The van der Waals surface area contributed by atoms with Crippen molar-refractivity contribution in [2.24, 2.45) is 0 Å². The molecule has 0 saturated carbocycles. The zero-order valence-electron chi connectivity index (χ0n) is 13.4. The number of unbranched alkanes of at least 4 members (excludes halogenated alkanes) is 4. The Balaban J connectivity index is 2.56. The molecule has 1 rings (SSSR count). The third-order valence-corrected chi connectivity index (χ3v) is 3.57. The number of nitrogens with one attached hydrogen (secondary N) is 1. The molecule has 0 spiro atoms. The molecule has 7 nitrogen and oxygen atoms in total. The second-order valence-electron chi connectivity index (χ2n) is 5.45. The average Bonchev–Trinajstić information content (AvgIpc) is 2.56. The van der Waals surface area contributed by atoms with Crippen molar-refractivity contribution in [2.45, 2.75) is 44.6 Å². The smallest absolute Gasteiger partial charge is 0.326 e. The number of hydrogen-bond acceptors (Lipinski definition) is 4. The normalized spacial score (nSPS) is 11.5. The van der Waals surface area contributed by atoms with Crippen molar-refractivity contribution in [1.82, 2.24) is 5.32 Å². The van der Waals surface area contributed by atoms with Gasteiger partial charge in [0.25, 0.3) is 11.6 Å². The van der Waals surface area contributed by atoms with Gasteiger partial charge in [-0.1, -0.05) is 31.4 Å². The van der Waals surface area contributed by atoms with Crippen LogP contribution in [0.25, 0.3) is 0 Å². The summed E-state index contributed by atoms with van der Waals surface area (Å²) in [4.78, 5) is 33.5. The number of carboxylic acids is 1. The van der Waals surface area contributed by atoms with Crippen LogP contribution in [0.4, 0.5) is 5.69 Å². The summed E-state index contributed by atoms with van der Waals surface area (Å²) >= 11 is 0. The minimum Gasteiger partial charge on any atom is -0.480 e. The molecule has 0 unspecified atom stereocenters. The molecule has 0 bridgehead atoms. The van der Waals surface area contributed by atoms with Crippen LogP contribution < -0.4 is 5.32 Å². The zero-order valence-corrected chi connectivity index (χ0v) is 13.4. The first kappa shape index (κ1) is 19.3. The first-order chi connectivity index (χ1) is 11.5. The van der Waals surface area contributed by atoms with Crippen molar-refractivity contribution >= 4 is 17.6 Å². The maximum Gasteiger partial charge on any atom is 0.326 e. The number of carbonyl (C=O) groups excluding carboxylic acids is 1. The van der Waals surface area contributed by atoms with Gasteiger partial charge in [-0.3, -0.25) is 14.9 Å². The van der Waals surface area contributed by atoms with Gasteiger partial charge in [0, 0.05) is 17.7 Å². The van der Waals surface area contributed by atoms with E-state index in [4.69, 9.17) is 0 Å². The third kappa shape index (κ3) is 6.60. The number of rotatable bonds is 11. The maximum atomic E-state index is 12.1. The second-order valence-corrected chi connectivity index (χ2v) is 5.45. The van der Waals surface area contributed by atoms with Gasteiger partial charge in [0.15, 0.2) is 0 Å². The van der Waals surface area contributed by atoms with Gasteiger partial charge in [-0.2, -0.15) is 0 Å². The molecule has 0 saturated heterocycles. The van der Waals surface area contributed by atoms with E-state index in [9.17, 15) is 24.8 Å². The van der Waals surface area contributed by atoms with E-state index < -0.39 is 22.8 Å². The van der Waals surface area contributed by atoms with Crippen molar-refractivity contribution < 1.29 is 19.6 Å². The molecule has 24 heavy (non-hydrogen) atoms. The summed E-state index contributed by atoms with van der Waals surface area (Å²) in [5.74, 6) is -1.74. The van der Waals surface area contributed by atoms with Crippen LogP contribution in [-0.4, -0.2) is 27.9 Å². The van der Waals surface area contributed by atoms with E-state index in [-0.39, 0.29) is 11.3 Å². The molecule has 1 aromatic rings. The largest absolute Gasteiger partial charge is 0.480 e. The van der Waals surface area contributed by atoms with E-state index >= 15 is 0 Å². The Hall–Kier alpha value is -2.70. The molecule has 2 N–H and O–H groups in total. The molecule has 0 radical (unpaired) electrons. The van der Waals surface area contributed by atoms with E-state index in [0.29, 0.717) is 12.8 Å². The highest BCUT2D eigenvalue weighted by molar-refractivity contribution is 5.97. The summed E-state index contributed by atoms with van der Waals surface area (Å²) in [5, 5.41) is 22.4. The van der Waals surface area contributed by atoms with E-state index in [1.165, 1.54) is 18.2 Å². The fourth-order valence-corrected chi connectivity index (χ4v) is 2.25. The van der Waals surface area contributed by atoms with Gasteiger partial charge in [-0.15, -0.1) is 6.58 Å². The molecular weight excluding hydrogens is 312 g/mol. The van der Waals surface area contributed by atoms with E-state index in [2.05, 4.69) is 11.9 Å². The fraction of sp³-hybridized carbons (Fsp3) is 0.412. The Labute approximate surface area is 140 Å². The Morgan fingerprint density at radius 1 is 1.29 bits per heavy atom. The molecule has 0 aliphatic carbocycles. The number of carbonyl (C=O) groups is 2. The van der Waals surface area contributed by atoms with Crippen LogP contribution >= 0.6 is 0 Å². The number of non-ortho nitro benzene ring substituents is 1. The number of carboxylic acid groups (broad SMARTS) is 1. The predicted octanol–water partition coefficient (Wildman–Crippen LogP) is 3.30. The van der Waals surface area contributed by atoms with Gasteiger partial charge in [0.2, 0.25) is 0 Å². The molecule has 0 heterocycles. The first-order valence-corrected chi connectivity index (χ1v) is 7.84. The number of nitro benzene ring substituents is 1. The maximum absolute atomic E-state index is 12.1. The van der Waals surface area contributed by atoms with Crippen molar-refractivity contribution in [1.29, 1.82) is 0 Å². The van der Waals surface area contributed by atoms with Crippen LogP contribution in [0.2, 0.25) is 0 Å². The van der Waals surface area contributed by atoms with Crippen molar-refractivity contribution in [3.63, 3.8) is 0 Å². The molecule has 130 valence electrons. The highest BCUT2D eigenvalue weighted by Crippen LogP contribution is 2.14. The lowest BCUT2D eigenvalue weighted by atomic mass is 10.1. The van der Waals surface area contributed by atoms with Crippen LogP contribution in [-0.2, 0) is 4.79 Å². The number of amides is 1. The van der Waals surface area contributed by atoms with Gasteiger partial charge in [-0.05, 0) is 25.3 Å². The summed E-state index contributed by atoms with van der Waals surface area (Å²) in [5.41, 5.74) is -0.141. The van der Waals surface area contributed by atoms with E-state index in [1.807, 2.05) is 6.08 Å². The molecule has 0 aliphatic heterocycles. The lowest BCUT2D eigenvalue weighted by Crippen LogP contribution is -2.40. The summed E-state index contributed by atoms with van der Waals surface area (Å²) in [6, 6.07) is 4.20. The number of hydrogen-bond donors (Lipinski definition) is 2. The van der Waals surface area contributed by atoms with E-state index in [0.717, 1.165) is 31.7 Å². The first-order valence-electron chi connectivity index (χ1n) is 7.84. The number of allylic oxidation sites excluding steroid dienone is 1. The molecule has 1 atom stereocenters. The zero-order chi connectivity index (χ0) is 17.9. The van der Waals surface area contributed by atoms with Gasteiger partial charge in [0.1, 0.15) is 6.04 Å². The Morgan fingerprint density at radius 2 is 2.00 bits per heavy atom. The minimum atomic E-state index is -1.11. The summed E-state index contributed by atoms with van der Waals surface area (Å²) in [6.07, 6.45) is 6.67. The standard InChI is InChI=1S/C17H22N2O5/c1-2-3-4-5-6-7-11-15(17(21)22)18-16(20)13-9-8-10-14(12-13)19(23)24/h2,8-10,12,15H,1,3-7,11H2,(H,18,20)(H,21,22)/t15-/m1/s1. The highest BCUT2D eigenvalue weighted by Gasteiger charge is 2.21. The molecule has 1 amide bonds. The topological polar surface area (TPSA) is 110 Å². The number of nitro groups is 1. The summed E-state index contributed by atoms with van der Waals surface area (Å²) < 4.78 is 0. The van der Waals surface area contributed by atoms with Gasteiger partial charge in [-0.25, -0.2) is 4.79 Å². The monoisotopic (exact) mass is 334 g/mol. The van der Waals surface area contributed by atoms with Gasteiger partial charge >= 0.3 is 5.97 Å².